The van der Waals surface area contributed by atoms with Gasteiger partial charge in [0, 0.05) is 18.2 Å². The van der Waals surface area contributed by atoms with E-state index in [1.165, 1.54) is 31.2 Å². The van der Waals surface area contributed by atoms with Gasteiger partial charge in [-0.2, -0.15) is 0 Å². The second-order valence-electron chi connectivity index (χ2n) is 9.63. The molecule has 2 aliphatic rings. The Balaban J connectivity index is 2.11. The van der Waals surface area contributed by atoms with Gasteiger partial charge in [0.15, 0.2) is 0 Å². The van der Waals surface area contributed by atoms with Gasteiger partial charge in [-0.05, 0) is 54.1 Å². The second-order valence-corrected chi connectivity index (χ2v) is 9.63. The van der Waals surface area contributed by atoms with Crippen LogP contribution in [0.4, 0.5) is 5.69 Å². The van der Waals surface area contributed by atoms with E-state index in [0.29, 0.717) is 11.8 Å². The zero-order valence-corrected chi connectivity index (χ0v) is 15.7. The summed E-state index contributed by atoms with van der Waals surface area (Å²) in [6.07, 6.45) is 5.28. The lowest BCUT2D eigenvalue weighted by molar-refractivity contribution is 0.441. The van der Waals surface area contributed by atoms with Crippen molar-refractivity contribution in [3.63, 3.8) is 0 Å². The van der Waals surface area contributed by atoms with Crippen molar-refractivity contribution in [1.82, 2.24) is 0 Å². The van der Waals surface area contributed by atoms with E-state index >= 15 is 0 Å². The van der Waals surface area contributed by atoms with Crippen molar-refractivity contribution < 1.29 is 5.11 Å². The van der Waals surface area contributed by atoms with Crippen LogP contribution < -0.4 is 4.90 Å². The fourth-order valence-corrected chi connectivity index (χ4v) is 3.91. The predicted molar refractivity (Wildman–Crippen MR) is 98.6 cm³/mol. The number of phenolic OH excluding ortho intramolecular Hbond substituents is 1. The van der Waals surface area contributed by atoms with E-state index in [4.69, 9.17) is 0 Å². The Kier molecular flexibility index (Phi) is 3.93. The van der Waals surface area contributed by atoms with Gasteiger partial charge in [-0.1, -0.05) is 47.6 Å². The van der Waals surface area contributed by atoms with Crippen LogP contribution in [-0.2, 0) is 10.8 Å². The maximum atomic E-state index is 11.1. The number of phenols is 1. The van der Waals surface area contributed by atoms with Gasteiger partial charge in [-0.25, -0.2) is 0 Å². The normalized spacial score (nSPS) is 22.7. The van der Waals surface area contributed by atoms with Crippen molar-refractivity contribution in [2.45, 2.75) is 84.1 Å². The molecule has 1 heterocycles. The van der Waals surface area contributed by atoms with Crippen molar-refractivity contribution >= 4 is 5.69 Å². The summed E-state index contributed by atoms with van der Waals surface area (Å²) in [6.45, 7) is 14.5. The summed E-state index contributed by atoms with van der Waals surface area (Å²) in [4.78, 5) is 2.51. The summed E-state index contributed by atoms with van der Waals surface area (Å²) in [6, 6.07) is 5.12. The number of hydrogen-bond acceptors (Lipinski definition) is 2. The second kappa shape index (κ2) is 5.43. The lowest BCUT2D eigenvalue weighted by Crippen LogP contribution is -2.32. The summed E-state index contributed by atoms with van der Waals surface area (Å²) in [7, 11) is 0. The van der Waals surface area contributed by atoms with Gasteiger partial charge >= 0.3 is 0 Å². The lowest BCUT2D eigenvalue weighted by Gasteiger charge is -2.33. The molecular formula is C21H33NO. The molecule has 1 unspecified atom stereocenters. The third-order valence-corrected chi connectivity index (χ3v) is 5.54. The minimum atomic E-state index is -0.0467. The summed E-state index contributed by atoms with van der Waals surface area (Å²) in [5.74, 6) is 1.37. The van der Waals surface area contributed by atoms with E-state index in [-0.39, 0.29) is 10.8 Å². The van der Waals surface area contributed by atoms with Crippen molar-refractivity contribution in [2.24, 2.45) is 5.92 Å². The Hall–Kier alpha value is -1.18. The molecule has 1 atom stereocenters. The highest BCUT2D eigenvalue weighted by molar-refractivity contribution is 5.66. The van der Waals surface area contributed by atoms with Gasteiger partial charge in [0.25, 0.3) is 0 Å². The molecule has 1 aromatic rings. The molecule has 2 fully saturated rings. The fourth-order valence-electron chi connectivity index (χ4n) is 3.91. The molecule has 23 heavy (non-hydrogen) atoms. The fraction of sp³-hybridized carbons (Fsp3) is 0.714. The van der Waals surface area contributed by atoms with Gasteiger partial charge in [-0.15, -0.1) is 0 Å². The molecule has 1 N–H and O–H groups in total. The highest BCUT2D eigenvalue weighted by atomic mass is 16.3. The minimum absolute atomic E-state index is 0.0467. The number of benzene rings is 1. The number of anilines is 1. The molecule has 0 aromatic heterocycles. The van der Waals surface area contributed by atoms with Gasteiger partial charge in [0.2, 0.25) is 0 Å². The van der Waals surface area contributed by atoms with Crippen LogP contribution in [0.5, 0.6) is 5.75 Å². The highest BCUT2D eigenvalue weighted by Crippen LogP contribution is 2.47. The van der Waals surface area contributed by atoms with E-state index in [1.54, 1.807) is 0 Å². The molecule has 1 aliphatic carbocycles. The molecule has 1 saturated carbocycles. The molecule has 0 amide bonds. The van der Waals surface area contributed by atoms with E-state index in [1.807, 2.05) is 0 Å². The predicted octanol–water partition coefficient (Wildman–Crippen LogP) is 5.37. The van der Waals surface area contributed by atoms with Crippen LogP contribution in [0.2, 0.25) is 0 Å². The smallest absolute Gasteiger partial charge is 0.142 e. The van der Waals surface area contributed by atoms with Crippen molar-refractivity contribution in [2.75, 3.05) is 11.4 Å². The molecule has 0 bridgehead atoms. The molecule has 1 aromatic carbocycles. The lowest BCUT2D eigenvalue weighted by atomic mass is 9.79. The van der Waals surface area contributed by atoms with Gasteiger partial charge in [-0.3, -0.25) is 0 Å². The topological polar surface area (TPSA) is 23.5 Å². The highest BCUT2D eigenvalue weighted by Gasteiger charge is 2.39. The molecule has 1 saturated heterocycles. The van der Waals surface area contributed by atoms with Crippen LogP contribution in [0.15, 0.2) is 12.1 Å². The van der Waals surface area contributed by atoms with Gasteiger partial charge in [0.1, 0.15) is 5.75 Å². The third kappa shape index (κ3) is 3.22. The summed E-state index contributed by atoms with van der Waals surface area (Å²) < 4.78 is 0. The maximum absolute atomic E-state index is 11.1. The first kappa shape index (κ1) is 16.7. The van der Waals surface area contributed by atoms with Gasteiger partial charge in [0.05, 0.1) is 5.69 Å². The van der Waals surface area contributed by atoms with Crippen LogP contribution >= 0.6 is 0 Å². The summed E-state index contributed by atoms with van der Waals surface area (Å²) >= 11 is 0. The largest absolute Gasteiger partial charge is 0.505 e. The minimum Gasteiger partial charge on any atom is -0.505 e. The summed E-state index contributed by atoms with van der Waals surface area (Å²) in [5.41, 5.74) is 3.54. The molecule has 128 valence electrons. The van der Waals surface area contributed by atoms with Crippen molar-refractivity contribution in [3.8, 4) is 5.75 Å². The molecule has 3 rings (SSSR count). The molecule has 2 heteroatoms. The van der Waals surface area contributed by atoms with Crippen LogP contribution in [0.3, 0.4) is 0 Å². The molecule has 1 aliphatic heterocycles. The molecule has 0 radical (unpaired) electrons. The number of hydrogen-bond donors (Lipinski definition) is 1. The standard InChI is InChI=1S/C21H33NO/c1-20(2,3)15-12-16(21(4,5)6)19(23)18(13-15)22-11-7-8-17(22)14-9-10-14/h12-14,17,23H,7-11H2,1-6H3. The Morgan fingerprint density at radius 1 is 0.957 bits per heavy atom. The van der Waals surface area contributed by atoms with Crippen LogP contribution in [0, 0.1) is 5.92 Å². The average Bonchev–Trinajstić information content (AvgIpc) is 3.14. The van der Waals surface area contributed by atoms with E-state index < -0.39 is 0 Å². The Labute approximate surface area is 141 Å². The maximum Gasteiger partial charge on any atom is 0.142 e. The number of rotatable bonds is 2. The SMILES string of the molecule is CC(C)(C)c1cc(N2CCCC2C2CC2)c(O)c(C(C)(C)C)c1. The van der Waals surface area contributed by atoms with Crippen molar-refractivity contribution in [3.05, 3.63) is 23.3 Å². The number of nitrogens with zero attached hydrogens (tertiary/aromatic N) is 1. The van der Waals surface area contributed by atoms with Crippen molar-refractivity contribution in [1.29, 1.82) is 0 Å². The molecule has 2 nitrogen and oxygen atoms in total. The van der Waals surface area contributed by atoms with Crippen LogP contribution in [0.1, 0.15) is 78.4 Å². The first-order chi connectivity index (χ1) is 10.6. The van der Waals surface area contributed by atoms with E-state index in [9.17, 15) is 5.11 Å². The van der Waals surface area contributed by atoms with E-state index in [0.717, 1.165) is 23.7 Å². The Bertz CT molecular complexity index is 587. The quantitative estimate of drug-likeness (QED) is 0.793. The Morgan fingerprint density at radius 3 is 2.13 bits per heavy atom. The van der Waals surface area contributed by atoms with E-state index in [2.05, 4.69) is 58.6 Å². The zero-order valence-electron chi connectivity index (χ0n) is 15.7. The third-order valence-electron chi connectivity index (χ3n) is 5.54. The molecule has 0 spiro atoms. The van der Waals surface area contributed by atoms with Crippen LogP contribution in [-0.4, -0.2) is 17.7 Å². The van der Waals surface area contributed by atoms with Gasteiger partial charge < -0.3 is 10.0 Å². The monoisotopic (exact) mass is 315 g/mol. The zero-order chi connectivity index (χ0) is 17.0. The average molecular weight is 316 g/mol. The number of aromatic hydroxyl groups is 1. The van der Waals surface area contributed by atoms with Crippen LogP contribution in [0.25, 0.3) is 0 Å². The first-order valence-corrected chi connectivity index (χ1v) is 9.23. The Morgan fingerprint density at radius 2 is 1.61 bits per heavy atom. The first-order valence-electron chi connectivity index (χ1n) is 9.23. The summed E-state index contributed by atoms with van der Waals surface area (Å²) in [5, 5.41) is 11.1. The molecular weight excluding hydrogens is 282 g/mol.